The lowest BCUT2D eigenvalue weighted by atomic mass is 9.88. The van der Waals surface area contributed by atoms with Gasteiger partial charge in [-0.1, -0.05) is 13.0 Å². The SMILES string of the molecule is CNCCCC[C@@H](NC(=O)C(C)(C)c1cnc(C(Cc2c[nH]c3c2CC(C)C=C3)NC(C)=O)[nH]1)C(=O)OC(C)(C)C. The molecule has 0 saturated heterocycles. The van der Waals surface area contributed by atoms with Gasteiger partial charge in [-0.2, -0.15) is 0 Å². The molecule has 0 aliphatic heterocycles. The summed E-state index contributed by atoms with van der Waals surface area (Å²) in [5.41, 5.74) is 2.39. The van der Waals surface area contributed by atoms with Gasteiger partial charge >= 0.3 is 5.97 Å². The number of unbranched alkanes of at least 4 members (excludes halogenated alkanes) is 1. The van der Waals surface area contributed by atoms with Crippen LogP contribution in [-0.2, 0) is 37.4 Å². The van der Waals surface area contributed by atoms with Crippen LogP contribution in [0.3, 0.4) is 0 Å². The zero-order valence-corrected chi connectivity index (χ0v) is 25.9. The summed E-state index contributed by atoms with van der Waals surface area (Å²) in [7, 11) is 1.88. The van der Waals surface area contributed by atoms with Gasteiger partial charge < -0.3 is 30.7 Å². The van der Waals surface area contributed by atoms with E-state index in [0.717, 1.165) is 37.1 Å². The summed E-state index contributed by atoms with van der Waals surface area (Å²) < 4.78 is 5.61. The molecule has 0 fully saturated rings. The highest BCUT2D eigenvalue weighted by molar-refractivity contribution is 5.91. The molecule has 5 N–H and O–H groups in total. The van der Waals surface area contributed by atoms with E-state index in [1.54, 1.807) is 20.0 Å². The standard InChI is InChI=1S/C31H48N6O4/c1-19-12-13-23-22(15-19)21(17-33-23)16-25(35-20(2)38)27-34-18-26(37-27)31(6,7)29(40)36-24(11-9-10-14-32-8)28(39)41-30(3,4)5/h12-13,17-19,24-25,32-33H,9-11,14-16H2,1-8H3,(H,34,37)(H,35,38)(H,36,40)/t19?,24-,25?/m1/s1. The number of imidazole rings is 1. The fourth-order valence-electron chi connectivity index (χ4n) is 4.98. The third-order valence-corrected chi connectivity index (χ3v) is 7.37. The number of carbonyl (C=O) groups is 3. The van der Waals surface area contributed by atoms with Crippen molar-refractivity contribution < 1.29 is 19.1 Å². The maximum Gasteiger partial charge on any atom is 0.329 e. The number of esters is 1. The van der Waals surface area contributed by atoms with E-state index in [-0.39, 0.29) is 11.8 Å². The van der Waals surface area contributed by atoms with Crippen molar-refractivity contribution in [3.8, 4) is 0 Å². The van der Waals surface area contributed by atoms with E-state index in [1.807, 2.05) is 34.0 Å². The monoisotopic (exact) mass is 568 g/mol. The number of rotatable bonds is 13. The molecule has 2 aromatic heterocycles. The highest BCUT2D eigenvalue weighted by atomic mass is 16.6. The molecule has 41 heavy (non-hydrogen) atoms. The number of H-pyrrole nitrogens is 2. The van der Waals surface area contributed by atoms with Gasteiger partial charge in [-0.3, -0.25) is 9.59 Å². The first-order valence-electron chi connectivity index (χ1n) is 14.6. The van der Waals surface area contributed by atoms with Crippen molar-refractivity contribution >= 4 is 23.9 Å². The zero-order valence-electron chi connectivity index (χ0n) is 25.9. The molecule has 2 aromatic rings. The van der Waals surface area contributed by atoms with E-state index in [9.17, 15) is 14.4 Å². The maximum atomic E-state index is 13.6. The molecule has 0 bridgehead atoms. The number of aromatic nitrogens is 3. The smallest absolute Gasteiger partial charge is 0.329 e. The third kappa shape index (κ3) is 8.79. The number of hydrogen-bond acceptors (Lipinski definition) is 6. The minimum atomic E-state index is -1.02. The predicted octanol–water partition coefficient (Wildman–Crippen LogP) is 3.86. The Balaban J connectivity index is 1.78. The van der Waals surface area contributed by atoms with Crippen LogP contribution >= 0.6 is 0 Å². The van der Waals surface area contributed by atoms with Crippen LogP contribution < -0.4 is 16.0 Å². The largest absolute Gasteiger partial charge is 0.458 e. The normalized spacial score (nSPS) is 16.5. The number of carbonyl (C=O) groups excluding carboxylic acids is 3. The molecule has 226 valence electrons. The van der Waals surface area contributed by atoms with Gasteiger partial charge in [0.25, 0.3) is 0 Å². The van der Waals surface area contributed by atoms with Gasteiger partial charge in [0.2, 0.25) is 11.8 Å². The number of nitrogens with zero attached hydrogens (tertiary/aromatic N) is 1. The Morgan fingerprint density at radius 3 is 2.54 bits per heavy atom. The van der Waals surface area contributed by atoms with Crippen molar-refractivity contribution in [1.29, 1.82) is 0 Å². The fourth-order valence-corrected chi connectivity index (χ4v) is 4.98. The van der Waals surface area contributed by atoms with Gasteiger partial charge in [0, 0.05) is 37.1 Å². The Kier molecular flexibility index (Phi) is 10.6. The molecule has 3 atom stereocenters. The molecule has 2 heterocycles. The van der Waals surface area contributed by atoms with Gasteiger partial charge in [0.1, 0.15) is 17.5 Å². The van der Waals surface area contributed by atoms with E-state index in [4.69, 9.17) is 4.74 Å². The van der Waals surface area contributed by atoms with E-state index < -0.39 is 29.1 Å². The predicted molar refractivity (Wildman–Crippen MR) is 160 cm³/mol. The van der Waals surface area contributed by atoms with Crippen molar-refractivity contribution in [2.75, 3.05) is 13.6 Å². The molecule has 1 aliphatic rings. The topological polar surface area (TPSA) is 141 Å². The zero-order chi connectivity index (χ0) is 30.4. The first-order chi connectivity index (χ1) is 19.2. The van der Waals surface area contributed by atoms with Crippen LogP contribution in [0.2, 0.25) is 0 Å². The van der Waals surface area contributed by atoms with Gasteiger partial charge in [-0.05, 0) is 97.0 Å². The average Bonchev–Trinajstić information content (AvgIpc) is 3.52. The van der Waals surface area contributed by atoms with E-state index in [2.05, 4.69) is 50.0 Å². The summed E-state index contributed by atoms with van der Waals surface area (Å²) in [6.07, 6.45) is 11.5. The lowest BCUT2D eigenvalue weighted by Crippen LogP contribution is -2.50. The minimum absolute atomic E-state index is 0.166. The second-order valence-electron chi connectivity index (χ2n) is 12.7. The molecule has 0 aromatic carbocycles. The van der Waals surface area contributed by atoms with Crippen molar-refractivity contribution in [3.05, 3.63) is 46.8 Å². The molecule has 1 aliphatic carbocycles. The number of fused-ring (bicyclic) bond motifs is 1. The van der Waals surface area contributed by atoms with Gasteiger partial charge in [0.15, 0.2) is 0 Å². The molecular formula is C31H48N6O4. The summed E-state index contributed by atoms with van der Waals surface area (Å²) >= 11 is 0. The second kappa shape index (κ2) is 13.5. The minimum Gasteiger partial charge on any atom is -0.458 e. The highest BCUT2D eigenvalue weighted by Crippen LogP contribution is 2.30. The summed E-state index contributed by atoms with van der Waals surface area (Å²) in [6, 6.07) is -1.16. The Morgan fingerprint density at radius 2 is 1.88 bits per heavy atom. The molecule has 0 saturated carbocycles. The number of amides is 2. The van der Waals surface area contributed by atoms with Crippen molar-refractivity contribution in [1.82, 2.24) is 30.9 Å². The average molecular weight is 569 g/mol. The number of allylic oxidation sites excluding steroid dienone is 1. The van der Waals surface area contributed by atoms with Crippen LogP contribution in [0.5, 0.6) is 0 Å². The molecule has 0 spiro atoms. The van der Waals surface area contributed by atoms with Crippen LogP contribution in [-0.4, -0.2) is 58.0 Å². The lowest BCUT2D eigenvalue weighted by molar-refractivity contribution is -0.159. The molecule has 2 unspecified atom stereocenters. The van der Waals surface area contributed by atoms with Crippen LogP contribution in [0.4, 0.5) is 0 Å². The fraction of sp³-hybridized carbons (Fsp3) is 0.613. The second-order valence-corrected chi connectivity index (χ2v) is 12.7. The Hall–Kier alpha value is -3.40. The number of ether oxygens (including phenoxy) is 1. The molecule has 10 nitrogen and oxygen atoms in total. The molecule has 10 heteroatoms. The Bertz CT molecular complexity index is 1240. The molecule has 3 rings (SSSR count). The third-order valence-electron chi connectivity index (χ3n) is 7.37. The summed E-state index contributed by atoms with van der Waals surface area (Å²) in [5, 5.41) is 9.06. The number of nitrogens with one attached hydrogen (secondary N) is 5. The van der Waals surface area contributed by atoms with E-state index >= 15 is 0 Å². The van der Waals surface area contributed by atoms with E-state index in [0.29, 0.717) is 30.3 Å². The number of aromatic amines is 2. The molecule has 0 radical (unpaired) electrons. The van der Waals surface area contributed by atoms with Crippen molar-refractivity contribution in [2.45, 2.75) is 104 Å². The quantitative estimate of drug-likeness (QED) is 0.184. The number of hydrogen-bond donors (Lipinski definition) is 5. The van der Waals surface area contributed by atoms with E-state index in [1.165, 1.54) is 12.5 Å². The van der Waals surface area contributed by atoms with Gasteiger partial charge in [-0.15, -0.1) is 0 Å². The summed E-state index contributed by atoms with van der Waals surface area (Å²) in [5.74, 6) is 0.0933. The van der Waals surface area contributed by atoms with Crippen LogP contribution in [0.1, 0.15) is 102 Å². The lowest BCUT2D eigenvalue weighted by Gasteiger charge is -2.28. The highest BCUT2D eigenvalue weighted by Gasteiger charge is 2.36. The van der Waals surface area contributed by atoms with Crippen LogP contribution in [0.25, 0.3) is 6.08 Å². The summed E-state index contributed by atoms with van der Waals surface area (Å²) in [4.78, 5) is 49.9. The Labute approximate surface area is 243 Å². The van der Waals surface area contributed by atoms with Crippen molar-refractivity contribution in [3.63, 3.8) is 0 Å². The van der Waals surface area contributed by atoms with Gasteiger partial charge in [-0.25, -0.2) is 9.78 Å². The first-order valence-corrected chi connectivity index (χ1v) is 14.6. The maximum absolute atomic E-state index is 13.6. The van der Waals surface area contributed by atoms with Crippen LogP contribution in [0.15, 0.2) is 18.5 Å². The van der Waals surface area contributed by atoms with Crippen LogP contribution in [0, 0.1) is 5.92 Å². The first kappa shape index (κ1) is 32.1. The van der Waals surface area contributed by atoms with Crippen molar-refractivity contribution in [2.24, 2.45) is 5.92 Å². The summed E-state index contributed by atoms with van der Waals surface area (Å²) in [6.45, 7) is 13.5. The molecule has 2 amide bonds. The van der Waals surface area contributed by atoms with Gasteiger partial charge in [0.05, 0.1) is 11.5 Å². The Morgan fingerprint density at radius 1 is 1.15 bits per heavy atom. The molecular weight excluding hydrogens is 520 g/mol.